The second-order valence-electron chi connectivity index (χ2n) is 5.60. The van der Waals surface area contributed by atoms with Crippen LogP contribution in [0.5, 0.6) is 5.88 Å². The van der Waals surface area contributed by atoms with Crippen molar-refractivity contribution in [3.63, 3.8) is 0 Å². The molecule has 3 aromatic rings. The van der Waals surface area contributed by atoms with Crippen molar-refractivity contribution in [2.45, 2.75) is 19.4 Å². The summed E-state index contributed by atoms with van der Waals surface area (Å²) in [6, 6.07) is 18.8. The maximum absolute atomic E-state index is 12.6. The summed E-state index contributed by atoms with van der Waals surface area (Å²) in [6.45, 7) is 2.52. The standard InChI is InChI=1S/C20H18N4O2/c1-2-26-20-18(23-16-10-6-7-11-17(16)24-20)15(12-21)19(25)22-13-14-8-4-3-5-9-14/h3-11,15H,2,13H2,1H3,(H,22,25)/t15-/m1/s1. The fourth-order valence-electron chi connectivity index (χ4n) is 2.56. The number of carbonyl (C=O) groups excluding carboxylic acids is 1. The maximum Gasteiger partial charge on any atom is 0.244 e. The lowest BCUT2D eigenvalue weighted by Crippen LogP contribution is -2.29. The van der Waals surface area contributed by atoms with E-state index in [0.29, 0.717) is 24.2 Å². The highest BCUT2D eigenvalue weighted by Crippen LogP contribution is 2.26. The number of nitrogens with one attached hydrogen (secondary N) is 1. The minimum absolute atomic E-state index is 0.215. The van der Waals surface area contributed by atoms with Gasteiger partial charge in [0.15, 0.2) is 5.92 Å². The summed E-state index contributed by atoms with van der Waals surface area (Å²) in [6.07, 6.45) is 0. The van der Waals surface area contributed by atoms with E-state index in [-0.39, 0.29) is 11.6 Å². The van der Waals surface area contributed by atoms with Gasteiger partial charge in [-0.05, 0) is 24.6 Å². The second kappa shape index (κ2) is 8.08. The predicted molar refractivity (Wildman–Crippen MR) is 97.3 cm³/mol. The molecule has 1 aromatic heterocycles. The Balaban J connectivity index is 1.89. The number of amides is 1. The molecule has 1 atom stereocenters. The van der Waals surface area contributed by atoms with E-state index in [4.69, 9.17) is 4.74 Å². The molecule has 0 aliphatic rings. The number of ether oxygens (including phenoxy) is 1. The van der Waals surface area contributed by atoms with E-state index in [9.17, 15) is 10.1 Å². The van der Waals surface area contributed by atoms with Gasteiger partial charge in [-0.15, -0.1) is 0 Å². The van der Waals surface area contributed by atoms with E-state index >= 15 is 0 Å². The molecular formula is C20H18N4O2. The zero-order valence-electron chi connectivity index (χ0n) is 14.3. The Kier molecular flexibility index (Phi) is 5.40. The molecule has 6 nitrogen and oxygen atoms in total. The van der Waals surface area contributed by atoms with Gasteiger partial charge in [0.05, 0.1) is 23.7 Å². The number of benzene rings is 2. The minimum atomic E-state index is -1.10. The molecule has 0 saturated carbocycles. The monoisotopic (exact) mass is 346 g/mol. The number of fused-ring (bicyclic) bond motifs is 1. The van der Waals surface area contributed by atoms with Gasteiger partial charge in [0, 0.05) is 6.54 Å². The van der Waals surface area contributed by atoms with Gasteiger partial charge < -0.3 is 10.1 Å². The number of carbonyl (C=O) groups is 1. The minimum Gasteiger partial charge on any atom is -0.477 e. The number of nitriles is 1. The topological polar surface area (TPSA) is 87.9 Å². The van der Waals surface area contributed by atoms with Crippen molar-refractivity contribution in [3.05, 3.63) is 65.9 Å². The van der Waals surface area contributed by atoms with E-state index in [1.807, 2.05) is 61.5 Å². The van der Waals surface area contributed by atoms with Gasteiger partial charge in [-0.3, -0.25) is 4.79 Å². The van der Waals surface area contributed by atoms with Crippen molar-refractivity contribution in [3.8, 4) is 11.9 Å². The zero-order valence-corrected chi connectivity index (χ0v) is 14.3. The van der Waals surface area contributed by atoms with Crippen LogP contribution in [-0.4, -0.2) is 22.5 Å². The predicted octanol–water partition coefficient (Wildman–Crippen LogP) is 2.95. The second-order valence-corrected chi connectivity index (χ2v) is 5.60. The van der Waals surface area contributed by atoms with E-state index in [2.05, 4.69) is 15.3 Å². The molecule has 130 valence electrons. The summed E-state index contributed by atoms with van der Waals surface area (Å²) < 4.78 is 5.54. The average molecular weight is 346 g/mol. The van der Waals surface area contributed by atoms with Crippen LogP contribution >= 0.6 is 0 Å². The highest BCUT2D eigenvalue weighted by Gasteiger charge is 2.27. The van der Waals surface area contributed by atoms with Crippen LogP contribution < -0.4 is 10.1 Å². The molecule has 1 N–H and O–H groups in total. The number of hydrogen-bond acceptors (Lipinski definition) is 5. The quantitative estimate of drug-likeness (QED) is 0.741. The number of para-hydroxylation sites is 2. The lowest BCUT2D eigenvalue weighted by Gasteiger charge is -2.14. The van der Waals surface area contributed by atoms with Gasteiger partial charge in [0.2, 0.25) is 11.8 Å². The van der Waals surface area contributed by atoms with Crippen LogP contribution in [-0.2, 0) is 11.3 Å². The first kappa shape index (κ1) is 17.4. The Bertz CT molecular complexity index is 951. The summed E-state index contributed by atoms with van der Waals surface area (Å²) in [5, 5.41) is 12.4. The molecule has 0 aliphatic heterocycles. The molecule has 0 radical (unpaired) electrons. The van der Waals surface area contributed by atoms with E-state index in [0.717, 1.165) is 5.56 Å². The van der Waals surface area contributed by atoms with E-state index in [1.54, 1.807) is 6.07 Å². The smallest absolute Gasteiger partial charge is 0.244 e. The molecule has 0 spiro atoms. The third kappa shape index (κ3) is 3.78. The Morgan fingerprint density at radius 1 is 1.12 bits per heavy atom. The van der Waals surface area contributed by atoms with Crippen molar-refractivity contribution < 1.29 is 9.53 Å². The summed E-state index contributed by atoms with van der Waals surface area (Å²) in [5.74, 6) is -1.31. The number of aromatic nitrogens is 2. The molecule has 0 saturated heterocycles. The molecule has 3 rings (SSSR count). The zero-order chi connectivity index (χ0) is 18.4. The van der Waals surface area contributed by atoms with Gasteiger partial charge in [-0.1, -0.05) is 42.5 Å². The summed E-state index contributed by atoms with van der Waals surface area (Å²) in [4.78, 5) is 21.5. The van der Waals surface area contributed by atoms with Crippen LogP contribution in [0.2, 0.25) is 0 Å². The van der Waals surface area contributed by atoms with Crippen LogP contribution in [0.1, 0.15) is 24.1 Å². The molecule has 1 heterocycles. The van der Waals surface area contributed by atoms with Crippen LogP contribution in [0.3, 0.4) is 0 Å². The third-order valence-electron chi connectivity index (χ3n) is 3.82. The fraction of sp³-hybridized carbons (Fsp3) is 0.200. The van der Waals surface area contributed by atoms with Crippen molar-refractivity contribution in [2.75, 3.05) is 6.61 Å². The maximum atomic E-state index is 12.6. The van der Waals surface area contributed by atoms with Crippen LogP contribution in [0.4, 0.5) is 0 Å². The highest BCUT2D eigenvalue weighted by molar-refractivity contribution is 5.87. The van der Waals surface area contributed by atoms with Crippen LogP contribution in [0.25, 0.3) is 11.0 Å². The first-order chi connectivity index (χ1) is 12.7. The Hall–Kier alpha value is -3.46. The van der Waals surface area contributed by atoms with Gasteiger partial charge >= 0.3 is 0 Å². The largest absolute Gasteiger partial charge is 0.477 e. The molecule has 1 amide bonds. The van der Waals surface area contributed by atoms with Crippen molar-refractivity contribution in [1.82, 2.24) is 15.3 Å². The van der Waals surface area contributed by atoms with Gasteiger partial charge in [-0.25, -0.2) is 9.97 Å². The van der Waals surface area contributed by atoms with Crippen LogP contribution in [0, 0.1) is 11.3 Å². The first-order valence-electron chi connectivity index (χ1n) is 8.33. The summed E-state index contributed by atoms with van der Waals surface area (Å²) in [7, 11) is 0. The highest BCUT2D eigenvalue weighted by atomic mass is 16.5. The average Bonchev–Trinajstić information content (AvgIpc) is 2.68. The Morgan fingerprint density at radius 2 is 1.77 bits per heavy atom. The molecule has 0 bridgehead atoms. The number of rotatable bonds is 6. The van der Waals surface area contributed by atoms with Crippen LogP contribution in [0.15, 0.2) is 54.6 Å². The molecule has 2 aromatic carbocycles. The molecule has 0 fully saturated rings. The third-order valence-corrected chi connectivity index (χ3v) is 3.82. The van der Waals surface area contributed by atoms with Crippen molar-refractivity contribution in [2.24, 2.45) is 0 Å². The van der Waals surface area contributed by atoms with E-state index in [1.165, 1.54) is 0 Å². The van der Waals surface area contributed by atoms with Crippen molar-refractivity contribution >= 4 is 16.9 Å². The van der Waals surface area contributed by atoms with Gasteiger partial charge in [0.1, 0.15) is 5.69 Å². The lowest BCUT2D eigenvalue weighted by atomic mass is 10.1. The molecule has 0 aliphatic carbocycles. The van der Waals surface area contributed by atoms with E-state index < -0.39 is 11.8 Å². The Labute approximate surface area is 151 Å². The van der Waals surface area contributed by atoms with Gasteiger partial charge in [0.25, 0.3) is 0 Å². The summed E-state index contributed by atoms with van der Waals surface area (Å²) >= 11 is 0. The first-order valence-corrected chi connectivity index (χ1v) is 8.33. The van der Waals surface area contributed by atoms with Gasteiger partial charge in [-0.2, -0.15) is 5.26 Å². The number of hydrogen-bond donors (Lipinski definition) is 1. The van der Waals surface area contributed by atoms with Crippen molar-refractivity contribution in [1.29, 1.82) is 5.26 Å². The number of nitrogens with zero attached hydrogens (tertiary/aromatic N) is 3. The summed E-state index contributed by atoms with van der Waals surface area (Å²) in [5.41, 5.74) is 2.45. The normalized spacial score (nSPS) is 11.5. The molecule has 26 heavy (non-hydrogen) atoms. The fourth-order valence-corrected chi connectivity index (χ4v) is 2.56. The molecule has 6 heteroatoms. The SMILES string of the molecule is CCOc1nc2ccccc2nc1[C@@H](C#N)C(=O)NCc1ccccc1. The lowest BCUT2D eigenvalue weighted by molar-refractivity contribution is -0.121. The molecule has 0 unspecified atom stereocenters. The molecular weight excluding hydrogens is 328 g/mol. The Morgan fingerprint density at radius 3 is 2.42 bits per heavy atom.